The molecule has 1 N–H and O–H groups in total. The fourth-order valence-corrected chi connectivity index (χ4v) is 2.31. The Morgan fingerprint density at radius 3 is 2.83 bits per heavy atom. The average molecular weight is 249 g/mol. The number of nitrogens with one attached hydrogen (secondary N) is 1. The van der Waals surface area contributed by atoms with Crippen LogP contribution in [0.1, 0.15) is 31.7 Å². The smallest absolute Gasteiger partial charge is 0.161 e. The fraction of sp³-hybridized carbons (Fsp3) is 0.600. The molecule has 3 heteroatoms. The molecule has 0 spiro atoms. The molecule has 100 valence electrons. The minimum Gasteiger partial charge on any atom is -0.493 e. The Hall–Kier alpha value is -1.22. The summed E-state index contributed by atoms with van der Waals surface area (Å²) < 4.78 is 11.3. The molecule has 1 aromatic rings. The third kappa shape index (κ3) is 3.39. The first kappa shape index (κ1) is 13.2. The summed E-state index contributed by atoms with van der Waals surface area (Å²) in [6, 6.07) is 6.66. The summed E-state index contributed by atoms with van der Waals surface area (Å²) in [5.74, 6) is 1.69. The molecule has 1 saturated heterocycles. The molecule has 0 aromatic heterocycles. The lowest BCUT2D eigenvalue weighted by Gasteiger charge is -2.24. The van der Waals surface area contributed by atoms with Gasteiger partial charge < -0.3 is 14.8 Å². The highest BCUT2D eigenvalue weighted by molar-refractivity contribution is 5.42. The van der Waals surface area contributed by atoms with Crippen molar-refractivity contribution in [2.75, 3.05) is 20.3 Å². The van der Waals surface area contributed by atoms with Crippen molar-refractivity contribution in [3.8, 4) is 11.5 Å². The number of benzene rings is 1. The molecule has 1 aliphatic heterocycles. The van der Waals surface area contributed by atoms with Crippen molar-refractivity contribution in [2.45, 2.75) is 38.6 Å². The molecule has 1 aliphatic rings. The largest absolute Gasteiger partial charge is 0.493 e. The van der Waals surface area contributed by atoms with Gasteiger partial charge in [0.15, 0.2) is 11.5 Å². The van der Waals surface area contributed by atoms with Gasteiger partial charge in [0.05, 0.1) is 7.11 Å². The maximum atomic E-state index is 5.88. The maximum absolute atomic E-state index is 5.88. The Labute approximate surface area is 109 Å². The molecular formula is C15H23NO2. The van der Waals surface area contributed by atoms with E-state index < -0.39 is 0 Å². The Balaban J connectivity index is 1.95. The molecule has 0 saturated carbocycles. The van der Waals surface area contributed by atoms with Crippen LogP contribution in [-0.2, 0) is 6.42 Å². The van der Waals surface area contributed by atoms with Crippen LogP contribution in [0.15, 0.2) is 18.2 Å². The molecule has 1 unspecified atom stereocenters. The molecule has 3 nitrogen and oxygen atoms in total. The predicted octanol–water partition coefficient (Wildman–Crippen LogP) is 2.78. The third-order valence-electron chi connectivity index (χ3n) is 3.49. The molecule has 0 aliphatic carbocycles. The van der Waals surface area contributed by atoms with Crippen LogP contribution in [-0.4, -0.2) is 26.3 Å². The van der Waals surface area contributed by atoms with E-state index >= 15 is 0 Å². The lowest BCUT2D eigenvalue weighted by Crippen LogP contribution is -2.38. The van der Waals surface area contributed by atoms with E-state index in [9.17, 15) is 0 Å². The monoisotopic (exact) mass is 249 g/mol. The van der Waals surface area contributed by atoms with E-state index in [0.717, 1.165) is 31.1 Å². The van der Waals surface area contributed by atoms with E-state index in [0.29, 0.717) is 6.04 Å². The Kier molecular flexibility index (Phi) is 4.88. The van der Waals surface area contributed by atoms with E-state index in [1.807, 2.05) is 6.07 Å². The van der Waals surface area contributed by atoms with Gasteiger partial charge in [0, 0.05) is 6.04 Å². The SMILES string of the molecule is CCc1ccc(OCC2CCCCN2)c(OC)c1. The molecule has 2 rings (SSSR count). The molecular weight excluding hydrogens is 226 g/mol. The van der Waals surface area contributed by atoms with Crippen molar-refractivity contribution in [1.29, 1.82) is 0 Å². The number of methoxy groups -OCH3 is 1. The van der Waals surface area contributed by atoms with Crippen molar-refractivity contribution < 1.29 is 9.47 Å². The maximum Gasteiger partial charge on any atom is 0.161 e. The zero-order valence-electron chi connectivity index (χ0n) is 11.4. The second kappa shape index (κ2) is 6.64. The van der Waals surface area contributed by atoms with Crippen molar-refractivity contribution in [3.63, 3.8) is 0 Å². The number of hydrogen-bond acceptors (Lipinski definition) is 3. The zero-order chi connectivity index (χ0) is 12.8. The molecule has 1 fully saturated rings. The van der Waals surface area contributed by atoms with Crippen LogP contribution < -0.4 is 14.8 Å². The van der Waals surface area contributed by atoms with Crippen LogP contribution in [0.3, 0.4) is 0 Å². The summed E-state index contributed by atoms with van der Waals surface area (Å²) in [5, 5.41) is 3.48. The van der Waals surface area contributed by atoms with Crippen molar-refractivity contribution in [2.24, 2.45) is 0 Å². The molecule has 0 radical (unpaired) electrons. The van der Waals surface area contributed by atoms with Crippen LogP contribution in [0.2, 0.25) is 0 Å². The Morgan fingerprint density at radius 2 is 2.17 bits per heavy atom. The van der Waals surface area contributed by atoms with Gasteiger partial charge in [-0.3, -0.25) is 0 Å². The van der Waals surface area contributed by atoms with Gasteiger partial charge >= 0.3 is 0 Å². The lowest BCUT2D eigenvalue weighted by molar-refractivity contribution is 0.230. The van der Waals surface area contributed by atoms with Gasteiger partial charge in [0.2, 0.25) is 0 Å². The normalized spacial score (nSPS) is 19.6. The first-order chi connectivity index (χ1) is 8.83. The quantitative estimate of drug-likeness (QED) is 0.870. The first-order valence-electron chi connectivity index (χ1n) is 6.86. The highest BCUT2D eigenvalue weighted by Crippen LogP contribution is 2.28. The summed E-state index contributed by atoms with van der Waals surface area (Å²) in [6.45, 7) is 3.98. The number of hydrogen-bond donors (Lipinski definition) is 1. The number of ether oxygens (including phenoxy) is 2. The van der Waals surface area contributed by atoms with Crippen LogP contribution in [0.25, 0.3) is 0 Å². The van der Waals surface area contributed by atoms with Gasteiger partial charge in [-0.05, 0) is 43.5 Å². The summed E-state index contributed by atoms with van der Waals surface area (Å²) in [5.41, 5.74) is 1.27. The number of aryl methyl sites for hydroxylation is 1. The fourth-order valence-electron chi connectivity index (χ4n) is 2.31. The summed E-state index contributed by atoms with van der Waals surface area (Å²) in [7, 11) is 1.69. The summed E-state index contributed by atoms with van der Waals surface area (Å²) in [6.07, 6.45) is 4.80. The van der Waals surface area contributed by atoms with Gasteiger partial charge in [-0.1, -0.05) is 19.4 Å². The first-order valence-corrected chi connectivity index (χ1v) is 6.86. The van der Waals surface area contributed by atoms with Crippen molar-refractivity contribution in [3.05, 3.63) is 23.8 Å². The van der Waals surface area contributed by atoms with Gasteiger partial charge in [0.1, 0.15) is 6.61 Å². The average Bonchev–Trinajstić information content (AvgIpc) is 2.46. The van der Waals surface area contributed by atoms with Crippen LogP contribution in [0.5, 0.6) is 11.5 Å². The second-order valence-electron chi connectivity index (χ2n) is 4.80. The summed E-state index contributed by atoms with van der Waals surface area (Å²) >= 11 is 0. The molecule has 1 heterocycles. The van der Waals surface area contributed by atoms with Gasteiger partial charge in [0.25, 0.3) is 0 Å². The van der Waals surface area contributed by atoms with Gasteiger partial charge in [-0.2, -0.15) is 0 Å². The Morgan fingerprint density at radius 1 is 1.28 bits per heavy atom. The Bertz CT molecular complexity index is 373. The van der Waals surface area contributed by atoms with Crippen LogP contribution >= 0.6 is 0 Å². The van der Waals surface area contributed by atoms with E-state index in [2.05, 4.69) is 24.4 Å². The highest BCUT2D eigenvalue weighted by atomic mass is 16.5. The van der Waals surface area contributed by atoms with E-state index in [1.54, 1.807) is 7.11 Å². The van der Waals surface area contributed by atoms with E-state index in [4.69, 9.17) is 9.47 Å². The van der Waals surface area contributed by atoms with Crippen LogP contribution in [0, 0.1) is 0 Å². The van der Waals surface area contributed by atoms with Crippen LogP contribution in [0.4, 0.5) is 0 Å². The zero-order valence-corrected chi connectivity index (χ0v) is 11.4. The van der Waals surface area contributed by atoms with E-state index in [1.165, 1.54) is 24.8 Å². The predicted molar refractivity (Wildman–Crippen MR) is 73.5 cm³/mol. The number of piperidine rings is 1. The molecule has 1 atom stereocenters. The minimum atomic E-state index is 0.481. The standard InChI is InChI=1S/C15H23NO2/c1-3-12-7-8-14(15(10-12)17-2)18-11-13-6-4-5-9-16-13/h7-8,10,13,16H,3-6,9,11H2,1-2H3. The highest BCUT2D eigenvalue weighted by Gasteiger charge is 2.14. The second-order valence-corrected chi connectivity index (χ2v) is 4.80. The molecule has 0 amide bonds. The van der Waals surface area contributed by atoms with Gasteiger partial charge in [-0.15, -0.1) is 0 Å². The molecule has 0 bridgehead atoms. The lowest BCUT2D eigenvalue weighted by atomic mass is 10.1. The molecule has 18 heavy (non-hydrogen) atoms. The van der Waals surface area contributed by atoms with Crippen molar-refractivity contribution >= 4 is 0 Å². The number of rotatable bonds is 5. The van der Waals surface area contributed by atoms with Crippen molar-refractivity contribution in [1.82, 2.24) is 5.32 Å². The van der Waals surface area contributed by atoms with Gasteiger partial charge in [-0.25, -0.2) is 0 Å². The molecule has 1 aromatic carbocycles. The summed E-state index contributed by atoms with van der Waals surface area (Å²) in [4.78, 5) is 0. The third-order valence-corrected chi connectivity index (χ3v) is 3.49. The topological polar surface area (TPSA) is 30.5 Å². The minimum absolute atomic E-state index is 0.481. The van der Waals surface area contributed by atoms with E-state index in [-0.39, 0.29) is 0 Å².